The molecule has 0 aliphatic carbocycles. The zero-order valence-electron chi connectivity index (χ0n) is 37.8. The topological polar surface area (TPSA) is 48.5 Å². The lowest BCUT2D eigenvalue weighted by Gasteiger charge is -2.34. The molecule has 10 aromatic carbocycles. The first-order valence-electron chi connectivity index (χ1n) is 23.7. The number of nitrogens with zero attached hydrogens (tertiary/aromatic N) is 5. The minimum Gasteiger partial charge on any atom is -0.309 e. The SMILES string of the molecule is c1ccc([Si](c2ccccc2)(c2ccccc2)c2cccc(-c3nc(-c4ccc5c(c4)sc4ccccc45)nc(-n4c5ccccc5c5cc(-n6c7ccccc7c7ccccc76)ccc54)n3)c2)cc1. The molecule has 0 aliphatic heterocycles. The fourth-order valence-corrected chi connectivity index (χ4v) is 17.0. The molecule has 14 aromatic rings. The number of hydrogen-bond acceptors (Lipinski definition) is 4. The number of hydrogen-bond donors (Lipinski definition) is 0. The number of para-hydroxylation sites is 3. The van der Waals surface area contributed by atoms with Crippen LogP contribution in [0.15, 0.2) is 249 Å². The summed E-state index contributed by atoms with van der Waals surface area (Å²) in [6, 6.07) is 90.2. The van der Waals surface area contributed by atoms with E-state index in [0.29, 0.717) is 17.6 Å². The van der Waals surface area contributed by atoms with Crippen LogP contribution < -0.4 is 20.7 Å². The predicted molar refractivity (Wildman–Crippen MR) is 296 cm³/mol. The summed E-state index contributed by atoms with van der Waals surface area (Å²) >= 11 is 1.80. The van der Waals surface area contributed by atoms with Crippen molar-refractivity contribution in [1.29, 1.82) is 0 Å². The maximum Gasteiger partial charge on any atom is 0.238 e. The van der Waals surface area contributed by atoms with Gasteiger partial charge < -0.3 is 4.57 Å². The van der Waals surface area contributed by atoms with Gasteiger partial charge in [0.2, 0.25) is 5.95 Å². The van der Waals surface area contributed by atoms with E-state index >= 15 is 0 Å². The van der Waals surface area contributed by atoms with Crippen molar-refractivity contribution in [2.75, 3.05) is 0 Å². The van der Waals surface area contributed by atoms with Gasteiger partial charge in [0.05, 0.1) is 22.1 Å². The van der Waals surface area contributed by atoms with Gasteiger partial charge in [-0.05, 0) is 69.3 Å². The van der Waals surface area contributed by atoms with Crippen molar-refractivity contribution in [2.24, 2.45) is 0 Å². The van der Waals surface area contributed by atoms with Crippen LogP contribution in [0.5, 0.6) is 0 Å². The molecule has 328 valence electrons. The Bertz CT molecular complexity index is 4160. The quantitative estimate of drug-likeness (QED) is 0.113. The summed E-state index contributed by atoms with van der Waals surface area (Å²) in [5.41, 5.74) is 7.37. The molecular formula is C63H41N5SSi. The first-order chi connectivity index (χ1) is 34.7. The Morgan fingerprint density at radius 2 is 0.771 bits per heavy atom. The van der Waals surface area contributed by atoms with Crippen LogP contribution in [0.3, 0.4) is 0 Å². The molecule has 0 atom stereocenters. The lowest BCUT2D eigenvalue weighted by Crippen LogP contribution is -2.74. The van der Waals surface area contributed by atoms with Crippen molar-refractivity contribution in [2.45, 2.75) is 0 Å². The number of aromatic nitrogens is 5. The van der Waals surface area contributed by atoms with Gasteiger partial charge in [-0.2, -0.15) is 9.97 Å². The van der Waals surface area contributed by atoms with E-state index in [0.717, 1.165) is 38.6 Å². The van der Waals surface area contributed by atoms with E-state index in [4.69, 9.17) is 15.0 Å². The molecule has 5 nitrogen and oxygen atoms in total. The third-order valence-corrected chi connectivity index (χ3v) is 20.0. The van der Waals surface area contributed by atoms with Gasteiger partial charge >= 0.3 is 0 Å². The highest BCUT2D eigenvalue weighted by molar-refractivity contribution is 7.25. The van der Waals surface area contributed by atoms with Gasteiger partial charge in [0, 0.05) is 58.5 Å². The Balaban J connectivity index is 1.01. The zero-order valence-corrected chi connectivity index (χ0v) is 39.6. The summed E-state index contributed by atoms with van der Waals surface area (Å²) < 4.78 is 7.07. The summed E-state index contributed by atoms with van der Waals surface area (Å²) in [6.45, 7) is 0. The number of thiophene rings is 1. The molecule has 0 radical (unpaired) electrons. The van der Waals surface area contributed by atoms with Crippen molar-refractivity contribution in [3.05, 3.63) is 249 Å². The first kappa shape index (κ1) is 40.3. The standard InChI is InChI=1S/C63H41N5SSi/c1-4-20-45(21-5-1)70(46-22-6-2-7-23-46,47-24-8-3-9-25-47)48-26-18-19-42(39-48)61-64-62(43-35-37-53-52-30-13-17-34-59(52)69-60(53)40-43)66-63(65-61)68-57-33-16-12-29-51(57)54-41-44(36-38-58(54)68)67-55-31-14-10-27-49(55)50-28-11-15-32-56(50)67/h1-41H. The normalized spacial score (nSPS) is 12.0. The maximum atomic E-state index is 5.52. The molecule has 14 rings (SSSR count). The third-order valence-electron chi connectivity index (χ3n) is 14.1. The second-order valence-electron chi connectivity index (χ2n) is 17.9. The number of rotatable bonds is 8. The van der Waals surface area contributed by atoms with Crippen molar-refractivity contribution in [3.8, 4) is 34.4 Å². The highest BCUT2D eigenvalue weighted by Gasteiger charge is 2.41. The second-order valence-corrected chi connectivity index (χ2v) is 22.8. The molecule has 0 aliphatic rings. The molecule has 0 spiro atoms. The van der Waals surface area contributed by atoms with Gasteiger partial charge in [0.1, 0.15) is 0 Å². The largest absolute Gasteiger partial charge is 0.309 e. The second kappa shape index (κ2) is 16.2. The van der Waals surface area contributed by atoms with Gasteiger partial charge in [-0.1, -0.05) is 200 Å². The van der Waals surface area contributed by atoms with Gasteiger partial charge in [-0.25, -0.2) is 4.98 Å². The van der Waals surface area contributed by atoms with Gasteiger partial charge in [-0.15, -0.1) is 11.3 Å². The average Bonchev–Trinajstić information content (AvgIpc) is 4.09. The van der Waals surface area contributed by atoms with Crippen molar-refractivity contribution in [1.82, 2.24) is 24.1 Å². The van der Waals surface area contributed by atoms with Gasteiger partial charge in [0.15, 0.2) is 19.7 Å². The van der Waals surface area contributed by atoms with Gasteiger partial charge in [0.25, 0.3) is 0 Å². The lowest BCUT2D eigenvalue weighted by atomic mass is 10.1. The monoisotopic (exact) mass is 927 g/mol. The zero-order chi connectivity index (χ0) is 46.2. The van der Waals surface area contributed by atoms with E-state index in [-0.39, 0.29) is 0 Å². The molecule has 70 heavy (non-hydrogen) atoms. The Labute approximate surface area is 408 Å². The average molecular weight is 928 g/mol. The minimum absolute atomic E-state index is 0.565. The highest BCUT2D eigenvalue weighted by atomic mass is 32.1. The van der Waals surface area contributed by atoms with E-state index in [2.05, 4.69) is 258 Å². The van der Waals surface area contributed by atoms with E-state index in [1.54, 1.807) is 11.3 Å². The summed E-state index contributed by atoms with van der Waals surface area (Å²) in [7, 11) is -2.87. The van der Waals surface area contributed by atoms with E-state index < -0.39 is 8.07 Å². The third kappa shape index (κ3) is 6.26. The maximum absolute atomic E-state index is 5.52. The minimum atomic E-state index is -2.87. The van der Waals surface area contributed by atoms with Crippen molar-refractivity contribution < 1.29 is 0 Å². The number of fused-ring (bicyclic) bond motifs is 9. The molecule has 7 heteroatoms. The molecule has 0 fully saturated rings. The van der Waals surface area contributed by atoms with Crippen molar-refractivity contribution >= 4 is 104 Å². The summed E-state index contributed by atoms with van der Waals surface area (Å²) in [4.78, 5) is 16.4. The number of benzene rings is 10. The molecule has 0 unspecified atom stereocenters. The smallest absolute Gasteiger partial charge is 0.238 e. The van der Waals surface area contributed by atoms with Crippen LogP contribution in [0.4, 0.5) is 0 Å². The van der Waals surface area contributed by atoms with E-state index in [9.17, 15) is 0 Å². The Morgan fingerprint density at radius 3 is 1.39 bits per heavy atom. The Morgan fingerprint density at radius 1 is 0.300 bits per heavy atom. The van der Waals surface area contributed by atoms with E-state index in [1.165, 1.54) is 62.7 Å². The van der Waals surface area contributed by atoms with E-state index in [1.807, 2.05) is 0 Å². The van der Waals surface area contributed by atoms with Crippen LogP contribution in [0, 0.1) is 0 Å². The van der Waals surface area contributed by atoms with Crippen LogP contribution in [-0.2, 0) is 0 Å². The molecule has 0 bridgehead atoms. The summed E-state index contributed by atoms with van der Waals surface area (Å²) in [5.74, 6) is 1.80. The highest BCUT2D eigenvalue weighted by Crippen LogP contribution is 2.39. The molecule has 0 saturated heterocycles. The summed E-state index contributed by atoms with van der Waals surface area (Å²) in [6.07, 6.45) is 0. The molecule has 4 aromatic heterocycles. The predicted octanol–water partition coefficient (Wildman–Crippen LogP) is 13.1. The molecule has 4 heterocycles. The van der Waals surface area contributed by atoms with Crippen LogP contribution in [-0.4, -0.2) is 32.2 Å². The van der Waals surface area contributed by atoms with Crippen molar-refractivity contribution in [3.63, 3.8) is 0 Å². The van der Waals surface area contributed by atoms with Crippen LogP contribution in [0.1, 0.15) is 0 Å². The fraction of sp³-hybridized carbons (Fsp3) is 0. The Hall–Kier alpha value is -8.75. The van der Waals surface area contributed by atoms with Crippen LogP contribution in [0.2, 0.25) is 0 Å². The molecule has 0 N–H and O–H groups in total. The molecular weight excluding hydrogens is 887 g/mol. The molecule has 0 amide bonds. The van der Waals surface area contributed by atoms with Crippen LogP contribution in [0.25, 0.3) is 98.2 Å². The van der Waals surface area contributed by atoms with Gasteiger partial charge in [-0.3, -0.25) is 4.57 Å². The van der Waals surface area contributed by atoms with Crippen LogP contribution >= 0.6 is 11.3 Å². The lowest BCUT2D eigenvalue weighted by molar-refractivity contribution is 0.953. The Kier molecular flexibility index (Phi) is 9.33. The fourth-order valence-electron chi connectivity index (χ4n) is 11.1. The molecule has 0 saturated carbocycles. The summed E-state index contributed by atoms with van der Waals surface area (Å²) in [5, 5.41) is 12.4. The first-order valence-corrected chi connectivity index (χ1v) is 26.5.